The molecule has 0 spiro atoms. The molecule has 6 aliphatic rings. The monoisotopic (exact) mass is 675 g/mol. The molecule has 14 nitrogen and oxygen atoms in total. The van der Waals surface area contributed by atoms with Gasteiger partial charge in [0.05, 0.1) is 32.5 Å². The first-order chi connectivity index (χ1) is 22.5. The van der Waals surface area contributed by atoms with Crippen LogP contribution in [0.2, 0.25) is 0 Å². The summed E-state index contributed by atoms with van der Waals surface area (Å²) >= 11 is 0. The highest BCUT2D eigenvalue weighted by Gasteiger charge is 2.57. The summed E-state index contributed by atoms with van der Waals surface area (Å²) in [6, 6.07) is -0.879. The topological polar surface area (TPSA) is 228 Å². The summed E-state index contributed by atoms with van der Waals surface area (Å²) in [5.41, 5.74) is -0.0912. The molecule has 0 radical (unpaired) electrons. The second kappa shape index (κ2) is 16.3. The molecular weight excluding hydrogens is 618 g/mol. The first-order valence-electron chi connectivity index (χ1n) is 17.6. The number of hydrogen-bond donors (Lipinski definition) is 9. The molecule has 0 unspecified atom stereocenters. The van der Waals surface area contributed by atoms with Crippen LogP contribution < -0.4 is 5.32 Å². The quantitative estimate of drug-likeness (QED) is 0.0888. The Bertz CT molecular complexity index is 932. The van der Waals surface area contributed by atoms with E-state index in [0.29, 0.717) is 18.3 Å². The van der Waals surface area contributed by atoms with Crippen molar-refractivity contribution in [1.29, 1.82) is 0 Å². The first-order valence-corrected chi connectivity index (χ1v) is 17.6. The molecule has 6 fully saturated rings. The molecular formula is C33H57NO13. The van der Waals surface area contributed by atoms with Gasteiger partial charge in [-0.25, -0.2) is 0 Å². The standard InChI is InChI=1S/C33H57NO13/c1-2-3-4-5-6-33(19-8-17-7-18(10-19)11-20(33)9-17)12-24(37)34-21(15-44-31-29(42)27(40)25(38)22(13-35)46-31)16-45-32-30(43)28(41)26(39)23(14-36)47-32/h17-23,25-32,35-36,38-43H,2-16H2,1H3,(H,34,37)/t17?,18?,19?,20?,22-,23-,25-,26-,27+,28+,29-,30-,31-,32-,33?/m1/s1. The average molecular weight is 676 g/mol. The molecule has 4 saturated carbocycles. The lowest BCUT2D eigenvalue weighted by molar-refractivity contribution is -0.309. The van der Waals surface area contributed by atoms with Gasteiger partial charge in [-0.2, -0.15) is 0 Å². The Morgan fingerprint density at radius 3 is 1.66 bits per heavy atom. The highest BCUT2D eigenvalue weighted by molar-refractivity contribution is 5.77. The summed E-state index contributed by atoms with van der Waals surface area (Å²) in [5.74, 6) is 2.31. The number of hydrogen-bond acceptors (Lipinski definition) is 13. The maximum absolute atomic E-state index is 14.0. The minimum atomic E-state index is -1.64. The van der Waals surface area contributed by atoms with Crippen LogP contribution in [0.5, 0.6) is 0 Å². The average Bonchev–Trinajstić information content (AvgIpc) is 3.05. The number of aliphatic hydroxyl groups excluding tert-OH is 8. The van der Waals surface area contributed by atoms with Crippen molar-refractivity contribution in [2.24, 2.45) is 29.1 Å². The van der Waals surface area contributed by atoms with Crippen LogP contribution in [0.4, 0.5) is 0 Å². The summed E-state index contributed by atoms with van der Waals surface area (Å²) in [6.07, 6.45) is -3.11. The Morgan fingerprint density at radius 2 is 1.21 bits per heavy atom. The van der Waals surface area contributed by atoms with E-state index in [9.17, 15) is 45.6 Å². The van der Waals surface area contributed by atoms with E-state index in [2.05, 4.69) is 12.2 Å². The van der Waals surface area contributed by atoms with Crippen LogP contribution in [0.1, 0.15) is 77.6 Å². The molecule has 9 N–H and O–H groups in total. The van der Waals surface area contributed by atoms with Crippen molar-refractivity contribution >= 4 is 5.91 Å². The van der Waals surface area contributed by atoms with E-state index >= 15 is 0 Å². The van der Waals surface area contributed by atoms with E-state index < -0.39 is 80.7 Å². The molecule has 14 heteroatoms. The molecule has 1 amide bonds. The zero-order chi connectivity index (χ0) is 33.9. The normalized spacial score (nSPS) is 44.6. The van der Waals surface area contributed by atoms with Crippen molar-refractivity contribution in [1.82, 2.24) is 5.32 Å². The van der Waals surface area contributed by atoms with E-state index in [1.165, 1.54) is 6.42 Å². The molecule has 272 valence electrons. The third kappa shape index (κ3) is 8.15. The number of aliphatic hydroxyl groups is 8. The molecule has 0 aromatic carbocycles. The Labute approximate surface area is 276 Å². The summed E-state index contributed by atoms with van der Waals surface area (Å²) in [7, 11) is 0. The number of rotatable bonds is 16. The summed E-state index contributed by atoms with van der Waals surface area (Å²) < 4.78 is 22.5. The fraction of sp³-hybridized carbons (Fsp3) is 0.970. The first kappa shape index (κ1) is 37.3. The predicted molar refractivity (Wildman–Crippen MR) is 164 cm³/mol. The molecule has 6 rings (SSSR count). The zero-order valence-corrected chi connectivity index (χ0v) is 27.4. The van der Waals surface area contributed by atoms with Gasteiger partial charge in [0.2, 0.25) is 5.91 Å². The van der Waals surface area contributed by atoms with Crippen molar-refractivity contribution in [2.75, 3.05) is 26.4 Å². The van der Waals surface area contributed by atoms with Gasteiger partial charge in [0, 0.05) is 6.42 Å². The van der Waals surface area contributed by atoms with Crippen LogP contribution >= 0.6 is 0 Å². The van der Waals surface area contributed by atoms with Crippen molar-refractivity contribution in [3.8, 4) is 0 Å². The maximum Gasteiger partial charge on any atom is 0.220 e. The van der Waals surface area contributed by atoms with Gasteiger partial charge in [0.1, 0.15) is 48.8 Å². The number of unbranched alkanes of at least 4 members (excludes halogenated alkanes) is 3. The Kier molecular flexibility index (Phi) is 13.0. The van der Waals surface area contributed by atoms with E-state index in [0.717, 1.165) is 69.6 Å². The number of ether oxygens (including phenoxy) is 4. The SMILES string of the molecule is CCCCCCC1(CC(=O)NC(CO[C@@H]2O[C@H](CO)[C@@H](O)[C@H](O)[C@H]2O)CO[C@@H]2O[C@H](CO)[C@@H](O)[C@H](O)[C@H]2O)C2CC3CC(C2)CC1C3. The predicted octanol–water partition coefficient (Wildman–Crippen LogP) is -1.09. The van der Waals surface area contributed by atoms with Crippen LogP contribution in [-0.4, -0.2) is 141 Å². The largest absolute Gasteiger partial charge is 0.394 e. The lowest BCUT2D eigenvalue weighted by atomic mass is 9.43. The summed E-state index contributed by atoms with van der Waals surface area (Å²) in [4.78, 5) is 14.0. The summed E-state index contributed by atoms with van der Waals surface area (Å²) in [5, 5.41) is 83.9. The smallest absolute Gasteiger partial charge is 0.220 e. The van der Waals surface area contributed by atoms with Gasteiger partial charge in [0.15, 0.2) is 12.6 Å². The van der Waals surface area contributed by atoms with Gasteiger partial charge >= 0.3 is 0 Å². The Balaban J connectivity index is 1.28. The molecule has 4 aliphatic carbocycles. The second-order valence-corrected chi connectivity index (χ2v) is 14.9. The molecule has 47 heavy (non-hydrogen) atoms. The minimum Gasteiger partial charge on any atom is -0.394 e. The summed E-state index contributed by atoms with van der Waals surface area (Å²) in [6.45, 7) is 0.356. The van der Waals surface area contributed by atoms with Crippen molar-refractivity contribution in [3.63, 3.8) is 0 Å². The molecule has 2 heterocycles. The van der Waals surface area contributed by atoms with Crippen LogP contribution in [0, 0.1) is 29.1 Å². The van der Waals surface area contributed by atoms with Gasteiger partial charge in [-0.15, -0.1) is 0 Å². The van der Waals surface area contributed by atoms with Gasteiger partial charge < -0.3 is 65.1 Å². The lowest BCUT2D eigenvalue weighted by Gasteiger charge is -2.61. The Hall–Kier alpha value is -1.01. The van der Waals surface area contributed by atoms with E-state index in [-0.39, 0.29) is 24.5 Å². The highest BCUT2D eigenvalue weighted by atomic mass is 16.7. The van der Waals surface area contributed by atoms with E-state index in [1.807, 2.05) is 0 Å². The van der Waals surface area contributed by atoms with E-state index in [1.54, 1.807) is 0 Å². The second-order valence-electron chi connectivity index (χ2n) is 14.9. The lowest BCUT2D eigenvalue weighted by Crippen LogP contribution is -2.60. The van der Waals surface area contributed by atoms with Crippen LogP contribution in [0.15, 0.2) is 0 Å². The van der Waals surface area contributed by atoms with Crippen LogP contribution in [-0.2, 0) is 23.7 Å². The molecule has 0 aromatic heterocycles. The highest BCUT2D eigenvalue weighted by Crippen LogP contribution is 2.65. The molecule has 2 aliphatic heterocycles. The van der Waals surface area contributed by atoms with Crippen molar-refractivity contribution in [3.05, 3.63) is 0 Å². The molecule has 0 aromatic rings. The van der Waals surface area contributed by atoms with Gasteiger partial charge in [0.25, 0.3) is 0 Å². The van der Waals surface area contributed by atoms with Crippen molar-refractivity contribution < 1.29 is 64.6 Å². The maximum atomic E-state index is 14.0. The third-order valence-corrected chi connectivity index (χ3v) is 11.7. The van der Waals surface area contributed by atoms with Crippen molar-refractivity contribution in [2.45, 2.75) is 145 Å². The zero-order valence-electron chi connectivity index (χ0n) is 27.4. The van der Waals surface area contributed by atoms with Crippen LogP contribution in [0.25, 0.3) is 0 Å². The van der Waals surface area contributed by atoms with Gasteiger partial charge in [-0.3, -0.25) is 4.79 Å². The number of carbonyl (C=O) groups is 1. The fourth-order valence-corrected chi connectivity index (χ4v) is 9.33. The van der Waals surface area contributed by atoms with Crippen LogP contribution in [0.3, 0.4) is 0 Å². The van der Waals surface area contributed by atoms with Gasteiger partial charge in [-0.05, 0) is 67.6 Å². The molecule has 10 atom stereocenters. The Morgan fingerprint density at radius 1 is 0.723 bits per heavy atom. The van der Waals surface area contributed by atoms with Gasteiger partial charge in [-0.1, -0.05) is 32.6 Å². The number of carbonyl (C=O) groups excluding carboxylic acids is 1. The fourth-order valence-electron chi connectivity index (χ4n) is 9.33. The molecule has 4 bridgehead atoms. The van der Waals surface area contributed by atoms with E-state index in [4.69, 9.17) is 18.9 Å². The number of amides is 1. The third-order valence-electron chi connectivity index (χ3n) is 11.7. The number of nitrogens with one attached hydrogen (secondary N) is 1. The molecule has 2 saturated heterocycles. The minimum absolute atomic E-state index is 0.0912.